The Bertz CT molecular complexity index is 2190. The number of benzene rings is 3. The van der Waals surface area contributed by atoms with Crippen molar-refractivity contribution < 1.29 is 8.83 Å². The average molecular weight is 580 g/mol. The lowest BCUT2D eigenvalue weighted by atomic mass is 10.1. The maximum absolute atomic E-state index is 8.94. The number of hydrogen-bond donors (Lipinski definition) is 0. The predicted molar refractivity (Wildman–Crippen MR) is 174 cm³/mol. The van der Waals surface area contributed by atoms with Crippen molar-refractivity contribution in [2.45, 2.75) is 0 Å². The van der Waals surface area contributed by atoms with Gasteiger partial charge in [0.25, 0.3) is 5.70 Å². The predicted octanol–water partition coefficient (Wildman–Crippen LogP) is 9.63. The van der Waals surface area contributed by atoms with Crippen LogP contribution in [0.25, 0.3) is 67.1 Å². The third-order valence-electron chi connectivity index (χ3n) is 7.12. The normalized spacial score (nSPS) is 11.4. The Morgan fingerprint density at radius 3 is 1.73 bits per heavy atom. The van der Waals surface area contributed by atoms with Crippen LogP contribution in [0.4, 0.5) is 0 Å². The van der Waals surface area contributed by atoms with E-state index >= 15 is 0 Å². The second-order valence-corrected chi connectivity index (χ2v) is 9.84. The number of rotatable bonds is 7. The lowest BCUT2D eigenvalue weighted by molar-refractivity contribution is 0.571. The first kappa shape index (κ1) is 28.1. The standard InChI is InChI=1S/C38H21N5O2/c1-42-29(25-41)8-6-12-32-16-20-38(45-32)28-14-18-34-33-17-13-27(37-19-15-31(44-37)11-5-7-26(23-39)24-40)21-35(33)43(36(34)22-28)30-9-3-2-4-10-30/h2-22H/b11-5+,12-6+,29-8+. The highest BCUT2D eigenvalue weighted by atomic mass is 16.3. The Balaban J connectivity index is 1.42. The lowest BCUT2D eigenvalue weighted by Gasteiger charge is -2.09. The summed E-state index contributed by atoms with van der Waals surface area (Å²) >= 11 is 0. The number of furan rings is 2. The molecule has 7 heteroatoms. The van der Waals surface area contributed by atoms with Gasteiger partial charge in [0.05, 0.1) is 23.7 Å². The van der Waals surface area contributed by atoms with Crippen molar-refractivity contribution in [1.29, 1.82) is 15.8 Å². The van der Waals surface area contributed by atoms with E-state index in [2.05, 4.69) is 45.8 Å². The largest absolute Gasteiger partial charge is 0.457 e. The van der Waals surface area contributed by atoms with Gasteiger partial charge in [-0.3, -0.25) is 0 Å². The monoisotopic (exact) mass is 579 g/mol. The average Bonchev–Trinajstić information content (AvgIpc) is 3.83. The molecule has 6 rings (SSSR count). The van der Waals surface area contributed by atoms with Gasteiger partial charge in [0.2, 0.25) is 0 Å². The molecule has 0 aliphatic heterocycles. The molecule has 0 N–H and O–H groups in total. The fraction of sp³-hybridized carbons (Fsp3) is 0. The third-order valence-corrected chi connectivity index (χ3v) is 7.12. The van der Waals surface area contributed by atoms with Gasteiger partial charge in [0.1, 0.15) is 40.8 Å². The van der Waals surface area contributed by atoms with Crippen LogP contribution in [0.1, 0.15) is 11.5 Å². The first-order valence-corrected chi connectivity index (χ1v) is 13.8. The number of nitrogens with zero attached hydrogens (tertiary/aromatic N) is 5. The fourth-order valence-electron chi connectivity index (χ4n) is 5.05. The molecule has 3 aromatic heterocycles. The van der Waals surface area contributed by atoms with Gasteiger partial charge in [0.15, 0.2) is 0 Å². The van der Waals surface area contributed by atoms with Gasteiger partial charge in [-0.2, -0.15) is 10.5 Å². The number of allylic oxidation sites excluding steroid dienone is 6. The molecular weight excluding hydrogens is 558 g/mol. The summed E-state index contributed by atoms with van der Waals surface area (Å²) in [7, 11) is 0. The Kier molecular flexibility index (Phi) is 7.76. The third kappa shape index (κ3) is 5.70. The number of para-hydroxylation sites is 1. The molecule has 0 saturated heterocycles. The highest BCUT2D eigenvalue weighted by Crippen LogP contribution is 2.37. The van der Waals surface area contributed by atoms with Crippen molar-refractivity contribution in [3.8, 4) is 46.5 Å². The number of hydrogen-bond acceptors (Lipinski definition) is 5. The summed E-state index contributed by atoms with van der Waals surface area (Å²) in [4.78, 5) is 3.15. The van der Waals surface area contributed by atoms with E-state index in [-0.39, 0.29) is 11.3 Å². The van der Waals surface area contributed by atoms with Crippen LogP contribution in [-0.4, -0.2) is 4.57 Å². The van der Waals surface area contributed by atoms with E-state index in [1.54, 1.807) is 24.3 Å². The Morgan fingerprint density at radius 2 is 1.22 bits per heavy atom. The van der Waals surface area contributed by atoms with Crippen molar-refractivity contribution in [3.05, 3.63) is 150 Å². The zero-order valence-electron chi connectivity index (χ0n) is 23.7. The van der Waals surface area contributed by atoms with Crippen molar-refractivity contribution >= 4 is 34.0 Å². The maximum Gasteiger partial charge on any atom is 0.261 e. The van der Waals surface area contributed by atoms with Crippen LogP contribution >= 0.6 is 0 Å². The molecule has 0 amide bonds. The Morgan fingerprint density at radius 1 is 0.667 bits per heavy atom. The Hall–Kier alpha value is -7.06. The molecule has 6 aromatic rings. The van der Waals surface area contributed by atoms with Crippen LogP contribution in [-0.2, 0) is 0 Å². The second kappa shape index (κ2) is 12.4. The molecule has 45 heavy (non-hydrogen) atoms. The molecule has 0 radical (unpaired) electrons. The number of fused-ring (bicyclic) bond motifs is 3. The van der Waals surface area contributed by atoms with E-state index < -0.39 is 0 Å². The molecule has 0 unspecified atom stereocenters. The number of nitriles is 3. The van der Waals surface area contributed by atoms with Gasteiger partial charge >= 0.3 is 0 Å². The first-order valence-electron chi connectivity index (χ1n) is 13.8. The van der Waals surface area contributed by atoms with Gasteiger partial charge < -0.3 is 13.4 Å². The van der Waals surface area contributed by atoms with Crippen molar-refractivity contribution in [1.82, 2.24) is 4.57 Å². The molecule has 0 saturated carbocycles. The van der Waals surface area contributed by atoms with Gasteiger partial charge in [-0.05, 0) is 72.8 Å². The molecule has 7 nitrogen and oxygen atoms in total. The minimum Gasteiger partial charge on any atom is -0.457 e. The summed E-state index contributed by atoms with van der Waals surface area (Å²) in [6.45, 7) is 7.00. The van der Waals surface area contributed by atoms with Crippen LogP contribution < -0.4 is 0 Å². The van der Waals surface area contributed by atoms with Crippen molar-refractivity contribution in [2.24, 2.45) is 0 Å². The molecular formula is C38H21N5O2. The van der Waals surface area contributed by atoms with Crippen molar-refractivity contribution in [3.63, 3.8) is 0 Å². The molecule has 0 fully saturated rings. The van der Waals surface area contributed by atoms with E-state index in [9.17, 15) is 0 Å². The van der Waals surface area contributed by atoms with E-state index in [4.69, 9.17) is 31.2 Å². The summed E-state index contributed by atoms with van der Waals surface area (Å²) in [5.74, 6) is 2.59. The van der Waals surface area contributed by atoms with Crippen LogP contribution in [0.15, 0.2) is 135 Å². The molecule has 0 aliphatic rings. The minimum absolute atomic E-state index is 0.00394. The van der Waals surface area contributed by atoms with Crippen LogP contribution in [0.2, 0.25) is 0 Å². The van der Waals surface area contributed by atoms with Crippen LogP contribution in [0.3, 0.4) is 0 Å². The zero-order valence-corrected chi connectivity index (χ0v) is 23.7. The van der Waals surface area contributed by atoms with Gasteiger partial charge in [-0.25, -0.2) is 10.1 Å². The fourth-order valence-corrected chi connectivity index (χ4v) is 5.05. The topological polar surface area (TPSA) is 107 Å². The molecule has 0 aliphatic carbocycles. The summed E-state index contributed by atoms with van der Waals surface area (Å²) < 4.78 is 14.4. The summed E-state index contributed by atoms with van der Waals surface area (Å²) in [6.07, 6.45) is 9.57. The van der Waals surface area contributed by atoms with Crippen molar-refractivity contribution in [2.75, 3.05) is 0 Å². The first-order chi connectivity index (χ1) is 22.1. The highest BCUT2D eigenvalue weighted by molar-refractivity contribution is 6.11. The van der Waals surface area contributed by atoms with E-state index in [1.807, 2.05) is 72.8 Å². The molecule has 3 aromatic carbocycles. The molecule has 3 heterocycles. The van der Waals surface area contributed by atoms with Crippen LogP contribution in [0, 0.1) is 40.6 Å². The van der Waals surface area contributed by atoms with Crippen LogP contribution in [0.5, 0.6) is 0 Å². The smallest absolute Gasteiger partial charge is 0.261 e. The van der Waals surface area contributed by atoms with E-state index in [1.165, 1.54) is 12.2 Å². The molecule has 0 bridgehead atoms. The SMILES string of the molecule is [C-]#[N+]/C(C#N)=C/C=C/c1ccc(-c2ccc3c4ccc(-c5ccc(/C=C/C=C(C#N)C#N)o5)cc4n(-c4ccccc4)c3c2)o1. The van der Waals surface area contributed by atoms with Gasteiger partial charge in [-0.1, -0.05) is 54.6 Å². The van der Waals surface area contributed by atoms with E-state index in [0.29, 0.717) is 23.0 Å². The summed E-state index contributed by atoms with van der Waals surface area (Å²) in [5.41, 5.74) is 4.87. The number of aromatic nitrogens is 1. The molecule has 210 valence electrons. The lowest BCUT2D eigenvalue weighted by Crippen LogP contribution is -1.93. The highest BCUT2D eigenvalue weighted by Gasteiger charge is 2.16. The second-order valence-electron chi connectivity index (χ2n) is 9.84. The quantitative estimate of drug-likeness (QED) is 0.106. The minimum atomic E-state index is 0.00394. The molecule has 0 spiro atoms. The maximum atomic E-state index is 8.94. The summed E-state index contributed by atoms with van der Waals surface area (Å²) in [6, 6.07) is 35.6. The Labute approximate surface area is 258 Å². The molecule has 0 atom stereocenters. The van der Waals surface area contributed by atoms with E-state index in [0.717, 1.165) is 38.6 Å². The zero-order chi connectivity index (χ0) is 31.2. The van der Waals surface area contributed by atoms with Gasteiger partial charge in [0, 0.05) is 27.6 Å². The van der Waals surface area contributed by atoms with Gasteiger partial charge in [-0.15, -0.1) is 0 Å². The summed E-state index contributed by atoms with van der Waals surface area (Å²) in [5, 5.41) is 29.0.